The molecule has 0 aromatic heterocycles. The molecule has 80 valence electrons. The molecule has 1 aliphatic rings. The van der Waals surface area contributed by atoms with Gasteiger partial charge in [0.2, 0.25) is 0 Å². The first kappa shape index (κ1) is 10.0. The Morgan fingerprint density at radius 2 is 2.00 bits per heavy atom. The van der Waals surface area contributed by atoms with Crippen molar-refractivity contribution in [2.24, 2.45) is 5.73 Å². The van der Waals surface area contributed by atoms with Crippen molar-refractivity contribution in [1.29, 1.82) is 5.41 Å². The van der Waals surface area contributed by atoms with E-state index in [0.717, 1.165) is 5.92 Å². The zero-order chi connectivity index (χ0) is 10.8. The molecule has 2 rings (SSSR count). The number of nitrogens with two attached hydrogens (primary N) is 1. The third kappa shape index (κ3) is 2.49. The highest BCUT2D eigenvalue weighted by Gasteiger charge is 2.23. The molecule has 0 spiro atoms. The first-order valence-corrected chi connectivity index (χ1v) is 5.37. The second-order valence-electron chi connectivity index (χ2n) is 4.22. The maximum absolute atomic E-state index is 7.16. The molecule has 1 atom stereocenters. The Labute approximate surface area is 90.2 Å². The Balaban J connectivity index is 2.05. The van der Waals surface area contributed by atoms with E-state index in [9.17, 15) is 0 Å². The van der Waals surface area contributed by atoms with Crippen molar-refractivity contribution in [3.63, 3.8) is 0 Å². The fraction of sp³-hybridized carbons (Fsp3) is 0.417. The fourth-order valence-electron chi connectivity index (χ4n) is 1.79. The minimum atomic E-state index is 0.0220. The Bertz CT molecular complexity index is 352. The summed E-state index contributed by atoms with van der Waals surface area (Å²) in [4.78, 5) is 0. The highest BCUT2D eigenvalue weighted by molar-refractivity contribution is 5.74. The van der Waals surface area contributed by atoms with Gasteiger partial charge in [-0.3, -0.25) is 5.41 Å². The standard InChI is InChI=1S/C12H17N3/c1-8(15-12(13)14)9-2-4-10(5-3-9)11-6-7-11/h2-5,8,11H,6-7H2,1H3,(H4,13,14,15). The van der Waals surface area contributed by atoms with E-state index < -0.39 is 0 Å². The summed E-state index contributed by atoms with van der Waals surface area (Å²) in [6, 6.07) is 8.72. The predicted octanol–water partition coefficient (Wildman–Crippen LogP) is 2.11. The number of hydrogen-bond donors (Lipinski definition) is 3. The molecule has 1 saturated carbocycles. The van der Waals surface area contributed by atoms with Crippen LogP contribution in [0.15, 0.2) is 24.3 Å². The van der Waals surface area contributed by atoms with E-state index in [1.165, 1.54) is 24.0 Å². The summed E-state index contributed by atoms with van der Waals surface area (Å²) in [6.07, 6.45) is 2.67. The summed E-state index contributed by atoms with van der Waals surface area (Å²) in [7, 11) is 0. The van der Waals surface area contributed by atoms with Crippen LogP contribution in [0.3, 0.4) is 0 Å². The van der Waals surface area contributed by atoms with Gasteiger partial charge in [-0.2, -0.15) is 0 Å². The molecule has 0 aliphatic heterocycles. The van der Waals surface area contributed by atoms with Crippen LogP contribution in [-0.2, 0) is 0 Å². The van der Waals surface area contributed by atoms with Crippen molar-refractivity contribution in [3.8, 4) is 0 Å². The van der Waals surface area contributed by atoms with E-state index in [1.54, 1.807) is 0 Å². The van der Waals surface area contributed by atoms with Crippen LogP contribution in [-0.4, -0.2) is 5.96 Å². The van der Waals surface area contributed by atoms with Crippen molar-refractivity contribution in [3.05, 3.63) is 35.4 Å². The Hall–Kier alpha value is -1.51. The van der Waals surface area contributed by atoms with Crippen LogP contribution < -0.4 is 11.1 Å². The van der Waals surface area contributed by atoms with Crippen LogP contribution in [0.4, 0.5) is 0 Å². The molecule has 0 bridgehead atoms. The molecule has 3 nitrogen and oxygen atoms in total. The molecule has 0 heterocycles. The van der Waals surface area contributed by atoms with Gasteiger partial charge in [-0.05, 0) is 36.8 Å². The summed E-state index contributed by atoms with van der Waals surface area (Å²) >= 11 is 0. The van der Waals surface area contributed by atoms with Gasteiger partial charge in [0.25, 0.3) is 0 Å². The molecule has 3 heteroatoms. The molecule has 0 amide bonds. The molecule has 1 aromatic rings. The summed E-state index contributed by atoms with van der Waals surface area (Å²) in [5.74, 6) is 0.823. The molecule has 4 N–H and O–H groups in total. The number of guanidine groups is 1. The molecule has 0 radical (unpaired) electrons. The number of hydrogen-bond acceptors (Lipinski definition) is 1. The summed E-state index contributed by atoms with van der Waals surface area (Å²) in [5.41, 5.74) is 7.91. The minimum Gasteiger partial charge on any atom is -0.370 e. The van der Waals surface area contributed by atoms with Gasteiger partial charge in [0.05, 0.1) is 6.04 Å². The Morgan fingerprint density at radius 1 is 1.40 bits per heavy atom. The Morgan fingerprint density at radius 3 is 2.47 bits per heavy atom. The van der Waals surface area contributed by atoms with Gasteiger partial charge in [0, 0.05) is 0 Å². The summed E-state index contributed by atoms with van der Waals surface area (Å²) in [5, 5.41) is 10.0. The van der Waals surface area contributed by atoms with Crippen LogP contribution in [0.5, 0.6) is 0 Å². The fourth-order valence-corrected chi connectivity index (χ4v) is 1.79. The van der Waals surface area contributed by atoms with Crippen molar-refractivity contribution in [2.75, 3.05) is 0 Å². The maximum Gasteiger partial charge on any atom is 0.186 e. The average molecular weight is 203 g/mol. The van der Waals surface area contributed by atoms with E-state index in [2.05, 4.69) is 29.6 Å². The lowest BCUT2D eigenvalue weighted by Crippen LogP contribution is -2.32. The molecule has 1 aromatic carbocycles. The van der Waals surface area contributed by atoms with Gasteiger partial charge in [-0.1, -0.05) is 24.3 Å². The van der Waals surface area contributed by atoms with E-state index in [1.807, 2.05) is 6.92 Å². The number of nitrogens with one attached hydrogen (secondary N) is 2. The quantitative estimate of drug-likeness (QED) is 0.520. The Kier molecular flexibility index (Phi) is 2.62. The molecule has 15 heavy (non-hydrogen) atoms. The van der Waals surface area contributed by atoms with Gasteiger partial charge < -0.3 is 11.1 Å². The van der Waals surface area contributed by atoms with Gasteiger partial charge in [-0.25, -0.2) is 0 Å². The van der Waals surface area contributed by atoms with Gasteiger partial charge in [0.1, 0.15) is 0 Å². The van der Waals surface area contributed by atoms with Gasteiger partial charge in [-0.15, -0.1) is 0 Å². The molecule has 1 aliphatic carbocycles. The van der Waals surface area contributed by atoms with Crippen molar-refractivity contribution >= 4 is 5.96 Å². The molecule has 1 fully saturated rings. The second-order valence-corrected chi connectivity index (χ2v) is 4.22. The first-order valence-electron chi connectivity index (χ1n) is 5.37. The highest BCUT2D eigenvalue weighted by Crippen LogP contribution is 2.40. The van der Waals surface area contributed by atoms with Crippen LogP contribution in [0.1, 0.15) is 42.9 Å². The second kappa shape index (κ2) is 3.93. The van der Waals surface area contributed by atoms with Crippen LogP contribution in [0, 0.1) is 5.41 Å². The average Bonchev–Trinajstić information content (AvgIpc) is 3.00. The molecule has 1 unspecified atom stereocenters. The smallest absolute Gasteiger partial charge is 0.186 e. The molecular formula is C12H17N3. The molecule has 0 saturated heterocycles. The third-order valence-electron chi connectivity index (χ3n) is 2.86. The highest BCUT2D eigenvalue weighted by atomic mass is 15.1. The minimum absolute atomic E-state index is 0.0220. The SMILES string of the molecule is CC(NC(=N)N)c1ccc(C2CC2)cc1. The van der Waals surface area contributed by atoms with E-state index >= 15 is 0 Å². The van der Waals surface area contributed by atoms with Crippen molar-refractivity contribution < 1.29 is 0 Å². The lowest BCUT2D eigenvalue weighted by molar-refractivity contribution is 0.708. The van der Waals surface area contributed by atoms with E-state index in [-0.39, 0.29) is 12.0 Å². The zero-order valence-electron chi connectivity index (χ0n) is 8.96. The summed E-state index contributed by atoms with van der Waals surface area (Å²) in [6.45, 7) is 2.01. The van der Waals surface area contributed by atoms with Crippen LogP contribution in [0.2, 0.25) is 0 Å². The van der Waals surface area contributed by atoms with Gasteiger partial charge >= 0.3 is 0 Å². The predicted molar refractivity (Wildman–Crippen MR) is 61.9 cm³/mol. The molecular weight excluding hydrogens is 186 g/mol. The maximum atomic E-state index is 7.16. The van der Waals surface area contributed by atoms with Gasteiger partial charge in [0.15, 0.2) is 5.96 Å². The third-order valence-corrected chi connectivity index (χ3v) is 2.86. The zero-order valence-corrected chi connectivity index (χ0v) is 8.96. The number of benzene rings is 1. The van der Waals surface area contributed by atoms with Crippen molar-refractivity contribution in [2.45, 2.75) is 31.7 Å². The van der Waals surface area contributed by atoms with E-state index in [0.29, 0.717) is 0 Å². The number of rotatable bonds is 3. The first-order chi connectivity index (χ1) is 7.16. The van der Waals surface area contributed by atoms with Crippen molar-refractivity contribution in [1.82, 2.24) is 5.32 Å². The topological polar surface area (TPSA) is 61.9 Å². The summed E-state index contributed by atoms with van der Waals surface area (Å²) < 4.78 is 0. The normalized spacial score (nSPS) is 17.1. The van der Waals surface area contributed by atoms with Crippen LogP contribution in [0.25, 0.3) is 0 Å². The van der Waals surface area contributed by atoms with E-state index in [4.69, 9.17) is 11.1 Å². The monoisotopic (exact) mass is 203 g/mol. The largest absolute Gasteiger partial charge is 0.370 e. The van der Waals surface area contributed by atoms with Crippen LogP contribution >= 0.6 is 0 Å². The lowest BCUT2D eigenvalue weighted by atomic mass is 10.0. The lowest BCUT2D eigenvalue weighted by Gasteiger charge is -2.14.